The van der Waals surface area contributed by atoms with E-state index in [9.17, 15) is 17.2 Å². The smallest absolute Gasteiger partial charge is 0.271 e. The molecule has 1 saturated heterocycles. The molecule has 1 N–H and O–H groups in total. The van der Waals surface area contributed by atoms with Crippen LogP contribution in [0.25, 0.3) is 10.9 Å². The molecule has 2 aromatic carbocycles. The lowest BCUT2D eigenvalue weighted by molar-refractivity contribution is 0.546. The molecular weight excluding hydrogens is 360 g/mol. The van der Waals surface area contributed by atoms with Crippen molar-refractivity contribution >= 4 is 26.6 Å². The van der Waals surface area contributed by atoms with Crippen molar-refractivity contribution in [1.82, 2.24) is 9.29 Å². The Morgan fingerprint density at radius 1 is 1.00 bits per heavy atom. The Kier molecular flexibility index (Phi) is 4.16. The maximum absolute atomic E-state index is 14.1. The molecule has 136 valence electrons. The number of nitrogens with one attached hydrogen (secondary N) is 1. The van der Waals surface area contributed by atoms with E-state index < -0.39 is 26.6 Å². The molecule has 1 fully saturated rings. The maximum atomic E-state index is 14.1. The molecule has 0 saturated carbocycles. The third-order valence-electron chi connectivity index (χ3n) is 4.56. The third-order valence-corrected chi connectivity index (χ3v) is 6.29. The minimum Gasteiger partial charge on any atom is -0.368 e. The summed E-state index contributed by atoms with van der Waals surface area (Å²) in [6.45, 7) is 3.36. The fourth-order valence-corrected chi connectivity index (χ4v) is 4.70. The van der Waals surface area contributed by atoms with Gasteiger partial charge < -0.3 is 10.2 Å². The van der Waals surface area contributed by atoms with Crippen molar-refractivity contribution in [2.75, 3.05) is 31.1 Å². The lowest BCUT2D eigenvalue weighted by atomic mass is 10.2. The van der Waals surface area contributed by atoms with Gasteiger partial charge >= 0.3 is 0 Å². The van der Waals surface area contributed by atoms with Gasteiger partial charge in [-0.15, -0.1) is 0 Å². The second kappa shape index (κ2) is 6.37. The molecule has 4 rings (SSSR count). The van der Waals surface area contributed by atoms with Crippen LogP contribution in [0.1, 0.15) is 0 Å². The highest BCUT2D eigenvalue weighted by Crippen LogP contribution is 2.31. The molecule has 1 aliphatic heterocycles. The van der Waals surface area contributed by atoms with Gasteiger partial charge in [0.05, 0.1) is 5.52 Å². The van der Waals surface area contributed by atoms with E-state index in [0.717, 1.165) is 53.4 Å². The number of hydrogen-bond donors (Lipinski definition) is 1. The Labute approximate surface area is 149 Å². The molecule has 3 aromatic rings. The number of halogens is 2. The zero-order chi connectivity index (χ0) is 18.3. The summed E-state index contributed by atoms with van der Waals surface area (Å²) in [7, 11) is -4.17. The Bertz CT molecular complexity index is 1070. The first kappa shape index (κ1) is 17.0. The zero-order valence-electron chi connectivity index (χ0n) is 13.8. The van der Waals surface area contributed by atoms with Crippen molar-refractivity contribution in [2.45, 2.75) is 4.90 Å². The first-order valence-corrected chi connectivity index (χ1v) is 9.69. The molecule has 1 aliphatic rings. The molecule has 2 heterocycles. The number of anilines is 1. The first-order valence-electron chi connectivity index (χ1n) is 8.25. The van der Waals surface area contributed by atoms with Gasteiger partial charge in [-0.1, -0.05) is 6.07 Å². The molecular formula is C18H17F2N3O2S. The summed E-state index contributed by atoms with van der Waals surface area (Å²) in [4.78, 5) is 1.64. The largest absolute Gasteiger partial charge is 0.368 e. The van der Waals surface area contributed by atoms with Crippen LogP contribution in [0, 0.1) is 11.6 Å². The molecule has 5 nitrogen and oxygen atoms in total. The van der Waals surface area contributed by atoms with Crippen LogP contribution in [-0.2, 0) is 10.0 Å². The van der Waals surface area contributed by atoms with Crippen molar-refractivity contribution in [3.05, 3.63) is 60.3 Å². The van der Waals surface area contributed by atoms with Gasteiger partial charge in [-0.2, -0.15) is 0 Å². The van der Waals surface area contributed by atoms with Gasteiger partial charge in [0.1, 0.15) is 16.5 Å². The highest BCUT2D eigenvalue weighted by molar-refractivity contribution is 7.90. The molecule has 26 heavy (non-hydrogen) atoms. The Hall–Kier alpha value is -2.45. The molecule has 0 unspecified atom stereocenters. The summed E-state index contributed by atoms with van der Waals surface area (Å²) in [6.07, 6.45) is 1.41. The number of rotatable bonds is 3. The van der Waals surface area contributed by atoms with E-state index in [1.54, 1.807) is 18.2 Å². The lowest BCUT2D eigenvalue weighted by Crippen LogP contribution is -2.43. The predicted molar refractivity (Wildman–Crippen MR) is 96.0 cm³/mol. The summed E-state index contributed by atoms with van der Waals surface area (Å²) < 4.78 is 54.1. The zero-order valence-corrected chi connectivity index (χ0v) is 14.6. The molecule has 0 atom stereocenters. The lowest BCUT2D eigenvalue weighted by Gasteiger charge is -2.30. The van der Waals surface area contributed by atoms with Crippen molar-refractivity contribution in [1.29, 1.82) is 0 Å². The van der Waals surface area contributed by atoms with Crippen LogP contribution in [0.2, 0.25) is 0 Å². The minimum absolute atomic E-state index is 0.463. The fourth-order valence-electron chi connectivity index (χ4n) is 3.31. The predicted octanol–water partition coefficient (Wildman–Crippen LogP) is 2.57. The summed E-state index contributed by atoms with van der Waals surface area (Å²) in [5, 5.41) is 4.06. The normalized spacial score (nSPS) is 15.5. The van der Waals surface area contributed by atoms with Gasteiger partial charge in [-0.05, 0) is 30.3 Å². The van der Waals surface area contributed by atoms with Crippen molar-refractivity contribution in [3.63, 3.8) is 0 Å². The molecule has 0 radical (unpaired) electrons. The molecule has 1 aromatic heterocycles. The van der Waals surface area contributed by atoms with Crippen LogP contribution in [0.4, 0.5) is 14.5 Å². The van der Waals surface area contributed by atoms with E-state index in [1.165, 1.54) is 6.20 Å². The van der Waals surface area contributed by atoms with E-state index in [2.05, 4.69) is 10.2 Å². The molecule has 0 amide bonds. The fraction of sp³-hybridized carbons (Fsp3) is 0.222. The molecule has 0 bridgehead atoms. The number of fused-ring (bicyclic) bond motifs is 1. The third kappa shape index (κ3) is 2.75. The van der Waals surface area contributed by atoms with Crippen LogP contribution in [0.5, 0.6) is 0 Å². The van der Waals surface area contributed by atoms with Crippen LogP contribution in [0.3, 0.4) is 0 Å². The van der Waals surface area contributed by atoms with Crippen molar-refractivity contribution < 1.29 is 17.2 Å². The summed E-state index contributed by atoms with van der Waals surface area (Å²) in [6, 6.07) is 9.59. The Balaban J connectivity index is 1.85. The van der Waals surface area contributed by atoms with Gasteiger partial charge in [0.15, 0.2) is 0 Å². The Morgan fingerprint density at radius 2 is 1.77 bits per heavy atom. The van der Waals surface area contributed by atoms with Gasteiger partial charge in [0, 0.05) is 49.5 Å². The molecule has 0 aliphatic carbocycles. The van der Waals surface area contributed by atoms with Gasteiger partial charge in [-0.3, -0.25) is 0 Å². The maximum Gasteiger partial charge on any atom is 0.271 e. The van der Waals surface area contributed by atoms with Crippen LogP contribution < -0.4 is 10.2 Å². The quantitative estimate of drug-likeness (QED) is 0.762. The molecule has 8 heteroatoms. The second-order valence-electron chi connectivity index (χ2n) is 6.14. The number of aromatic nitrogens is 1. The van der Waals surface area contributed by atoms with Gasteiger partial charge in [-0.25, -0.2) is 21.2 Å². The minimum atomic E-state index is -4.17. The standard InChI is InChI=1S/C18H17F2N3O2S/c19-13-4-5-18(15(20)12-13)26(24,25)23-9-6-14-16(2-1-3-17(14)23)22-10-7-21-8-11-22/h1-6,9,12,21H,7-8,10-11H2. The number of nitrogens with zero attached hydrogens (tertiary/aromatic N) is 2. The summed E-state index contributed by atoms with van der Waals surface area (Å²) in [5.41, 5.74) is 1.40. The number of piperazine rings is 1. The second-order valence-corrected chi connectivity index (χ2v) is 7.92. The van der Waals surface area contributed by atoms with Gasteiger partial charge in [0.2, 0.25) is 0 Å². The highest BCUT2D eigenvalue weighted by Gasteiger charge is 2.24. The number of hydrogen-bond acceptors (Lipinski definition) is 4. The average molecular weight is 377 g/mol. The van der Waals surface area contributed by atoms with Crippen LogP contribution in [0.15, 0.2) is 53.6 Å². The monoisotopic (exact) mass is 377 g/mol. The average Bonchev–Trinajstić information content (AvgIpc) is 3.07. The summed E-state index contributed by atoms with van der Waals surface area (Å²) in [5.74, 6) is -1.93. The Morgan fingerprint density at radius 3 is 2.50 bits per heavy atom. The van der Waals surface area contributed by atoms with E-state index >= 15 is 0 Å². The van der Waals surface area contributed by atoms with Crippen molar-refractivity contribution in [3.8, 4) is 0 Å². The van der Waals surface area contributed by atoms with E-state index in [0.29, 0.717) is 11.6 Å². The van der Waals surface area contributed by atoms with Crippen molar-refractivity contribution in [2.24, 2.45) is 0 Å². The van der Waals surface area contributed by atoms with E-state index in [4.69, 9.17) is 0 Å². The topological polar surface area (TPSA) is 54.3 Å². The van der Waals surface area contributed by atoms with Crippen LogP contribution in [-0.4, -0.2) is 38.6 Å². The molecule has 0 spiro atoms. The summed E-state index contributed by atoms with van der Waals surface area (Å²) >= 11 is 0. The van der Waals surface area contributed by atoms with Crippen LogP contribution >= 0.6 is 0 Å². The van der Waals surface area contributed by atoms with Gasteiger partial charge in [0.25, 0.3) is 10.0 Å². The first-order chi connectivity index (χ1) is 12.5. The number of benzene rings is 2. The van der Waals surface area contributed by atoms with E-state index in [-0.39, 0.29) is 0 Å². The van der Waals surface area contributed by atoms with E-state index in [1.807, 2.05) is 6.07 Å². The SMILES string of the molecule is O=S(=O)(c1ccc(F)cc1F)n1ccc2c(N3CCNCC3)cccc21. The highest BCUT2D eigenvalue weighted by atomic mass is 32.2.